The summed E-state index contributed by atoms with van der Waals surface area (Å²) < 4.78 is 5.39. The Morgan fingerprint density at radius 2 is 2.31 bits per heavy atom. The number of furan rings is 1. The minimum Gasteiger partial charge on any atom is -0.475 e. The summed E-state index contributed by atoms with van der Waals surface area (Å²) >= 11 is 6.77. The molecule has 1 atom stereocenters. The summed E-state index contributed by atoms with van der Waals surface area (Å²) in [6, 6.07) is 2.67. The molecule has 2 heterocycles. The van der Waals surface area contributed by atoms with E-state index in [0.717, 1.165) is 11.3 Å². The molecule has 2 rings (SSSR count). The molecule has 0 aliphatic carbocycles. The molecule has 16 heavy (non-hydrogen) atoms. The van der Waals surface area contributed by atoms with Crippen molar-refractivity contribution in [2.75, 3.05) is 0 Å². The highest BCUT2D eigenvalue weighted by Gasteiger charge is 2.19. The topological polar surface area (TPSA) is 83.6 Å². The number of aliphatic hydroxyl groups excluding tert-OH is 1. The lowest BCUT2D eigenvalue weighted by molar-refractivity contribution is 0.0655. The van der Waals surface area contributed by atoms with E-state index >= 15 is 0 Å². The highest BCUT2D eigenvalue weighted by atomic mass is 35.5. The van der Waals surface area contributed by atoms with E-state index in [1.807, 2.05) is 0 Å². The van der Waals surface area contributed by atoms with Gasteiger partial charge in [-0.2, -0.15) is 0 Å². The summed E-state index contributed by atoms with van der Waals surface area (Å²) in [6.45, 7) is 0. The maximum absolute atomic E-state index is 10.6. The summed E-state index contributed by atoms with van der Waals surface area (Å²) in [5.41, 5.74) is 0. The number of rotatable bonds is 3. The molecule has 0 bridgehead atoms. The number of nitrogens with zero attached hydrogens (tertiary/aromatic N) is 1. The zero-order chi connectivity index (χ0) is 11.7. The summed E-state index contributed by atoms with van der Waals surface area (Å²) in [5.74, 6) is -1.28. The third-order valence-electron chi connectivity index (χ3n) is 1.84. The van der Waals surface area contributed by atoms with E-state index in [9.17, 15) is 9.90 Å². The van der Waals surface area contributed by atoms with E-state index in [1.165, 1.54) is 18.3 Å². The molecule has 0 aliphatic rings. The van der Waals surface area contributed by atoms with Crippen LogP contribution in [0.5, 0.6) is 0 Å². The van der Waals surface area contributed by atoms with Gasteiger partial charge in [-0.15, -0.1) is 11.3 Å². The number of hydrogen-bond acceptors (Lipinski definition) is 5. The monoisotopic (exact) mass is 259 g/mol. The highest BCUT2D eigenvalue weighted by Crippen LogP contribution is 2.29. The summed E-state index contributed by atoms with van der Waals surface area (Å²) in [7, 11) is 0. The van der Waals surface area contributed by atoms with Gasteiger partial charge in [0.2, 0.25) is 5.76 Å². The van der Waals surface area contributed by atoms with Gasteiger partial charge in [-0.3, -0.25) is 0 Å². The van der Waals surface area contributed by atoms with Gasteiger partial charge < -0.3 is 14.6 Å². The van der Waals surface area contributed by atoms with E-state index in [2.05, 4.69) is 4.98 Å². The maximum Gasteiger partial charge on any atom is 0.371 e. The van der Waals surface area contributed by atoms with Crippen molar-refractivity contribution in [1.82, 2.24) is 4.98 Å². The number of halogens is 1. The van der Waals surface area contributed by atoms with Crippen LogP contribution in [0.3, 0.4) is 0 Å². The average molecular weight is 260 g/mol. The van der Waals surface area contributed by atoms with Crippen LogP contribution in [-0.4, -0.2) is 21.2 Å². The van der Waals surface area contributed by atoms with Crippen LogP contribution >= 0.6 is 22.9 Å². The molecule has 0 aromatic carbocycles. The molecule has 2 N–H and O–H groups in total. The van der Waals surface area contributed by atoms with Crippen LogP contribution in [0.4, 0.5) is 0 Å². The molecule has 0 saturated heterocycles. The van der Waals surface area contributed by atoms with Crippen molar-refractivity contribution in [3.05, 3.63) is 39.2 Å². The number of thiazole rings is 1. The van der Waals surface area contributed by atoms with Crippen molar-refractivity contribution in [3.63, 3.8) is 0 Å². The number of carboxylic acids is 1. The molecule has 1 unspecified atom stereocenters. The largest absolute Gasteiger partial charge is 0.475 e. The van der Waals surface area contributed by atoms with Crippen LogP contribution in [0.25, 0.3) is 0 Å². The second-order valence-electron chi connectivity index (χ2n) is 2.91. The molecule has 2 aromatic rings. The third-order valence-corrected chi connectivity index (χ3v) is 3.00. The second-order valence-corrected chi connectivity index (χ2v) is 4.61. The number of carboxylic acid groups (broad SMARTS) is 1. The Morgan fingerprint density at radius 3 is 2.81 bits per heavy atom. The van der Waals surface area contributed by atoms with Gasteiger partial charge in [-0.1, -0.05) is 11.6 Å². The van der Waals surface area contributed by atoms with Crippen LogP contribution in [0.1, 0.15) is 27.4 Å². The minimum absolute atomic E-state index is 0.128. The van der Waals surface area contributed by atoms with Gasteiger partial charge in [0.25, 0.3) is 0 Å². The molecule has 0 fully saturated rings. The summed E-state index contributed by atoms with van der Waals surface area (Å²) in [4.78, 5) is 14.4. The number of carbonyl (C=O) groups is 1. The lowest BCUT2D eigenvalue weighted by Crippen LogP contribution is -1.97. The van der Waals surface area contributed by atoms with Gasteiger partial charge in [-0.25, -0.2) is 9.78 Å². The smallest absolute Gasteiger partial charge is 0.371 e. The first-order chi connectivity index (χ1) is 7.58. The fraction of sp³-hybridized carbons (Fsp3) is 0.111. The SMILES string of the molecule is O=C(O)c1ccc(C(O)c2ncc(Cl)s2)o1. The van der Waals surface area contributed by atoms with Crippen molar-refractivity contribution >= 4 is 28.9 Å². The zero-order valence-corrected chi connectivity index (χ0v) is 9.33. The van der Waals surface area contributed by atoms with E-state index in [4.69, 9.17) is 21.1 Å². The Morgan fingerprint density at radius 1 is 1.56 bits per heavy atom. The molecule has 5 nitrogen and oxygen atoms in total. The predicted molar refractivity (Wildman–Crippen MR) is 56.9 cm³/mol. The Hall–Kier alpha value is -1.37. The number of aromatic carboxylic acids is 1. The van der Waals surface area contributed by atoms with E-state index in [-0.39, 0.29) is 11.5 Å². The lowest BCUT2D eigenvalue weighted by atomic mass is 10.3. The van der Waals surface area contributed by atoms with Gasteiger partial charge >= 0.3 is 5.97 Å². The Labute approximate surface area is 98.9 Å². The summed E-state index contributed by atoms with van der Waals surface area (Å²) in [5, 5.41) is 18.8. The van der Waals surface area contributed by atoms with Crippen molar-refractivity contribution in [2.24, 2.45) is 0 Å². The maximum atomic E-state index is 10.6. The number of hydrogen-bond donors (Lipinski definition) is 2. The molecule has 84 valence electrons. The molecular formula is C9H6ClNO4S. The third kappa shape index (κ3) is 2.08. The first-order valence-electron chi connectivity index (χ1n) is 4.20. The average Bonchev–Trinajstić information content (AvgIpc) is 2.84. The quantitative estimate of drug-likeness (QED) is 0.883. The van der Waals surface area contributed by atoms with Crippen LogP contribution in [0.15, 0.2) is 22.7 Å². The second kappa shape index (κ2) is 4.25. The first kappa shape index (κ1) is 11.1. The molecular weight excluding hydrogens is 254 g/mol. The van der Waals surface area contributed by atoms with Crippen molar-refractivity contribution in [1.29, 1.82) is 0 Å². The molecule has 0 spiro atoms. The van der Waals surface area contributed by atoms with Crippen molar-refractivity contribution in [3.8, 4) is 0 Å². The van der Waals surface area contributed by atoms with Crippen molar-refractivity contribution < 1.29 is 19.4 Å². The molecule has 0 saturated carbocycles. The van der Waals surface area contributed by atoms with Crippen LogP contribution in [0, 0.1) is 0 Å². The van der Waals surface area contributed by atoms with Gasteiger partial charge in [0, 0.05) is 0 Å². The minimum atomic E-state index is -1.18. The molecule has 7 heteroatoms. The Kier molecular flexibility index (Phi) is 2.95. The summed E-state index contributed by atoms with van der Waals surface area (Å²) in [6.07, 6.45) is 0.317. The molecule has 0 radical (unpaired) electrons. The van der Waals surface area contributed by atoms with Crippen LogP contribution in [0.2, 0.25) is 4.34 Å². The van der Waals surface area contributed by atoms with Crippen LogP contribution in [-0.2, 0) is 0 Å². The fourth-order valence-corrected chi connectivity index (χ4v) is 2.05. The van der Waals surface area contributed by atoms with Gasteiger partial charge in [0.1, 0.15) is 15.1 Å². The Balaban J connectivity index is 2.26. The number of aliphatic hydroxyl groups is 1. The highest BCUT2D eigenvalue weighted by molar-refractivity contribution is 7.15. The van der Waals surface area contributed by atoms with E-state index in [0.29, 0.717) is 9.34 Å². The lowest BCUT2D eigenvalue weighted by Gasteiger charge is -2.02. The van der Waals surface area contributed by atoms with E-state index in [1.54, 1.807) is 0 Å². The predicted octanol–water partition coefficient (Wildman–Crippen LogP) is 2.17. The fourth-order valence-electron chi connectivity index (χ4n) is 1.13. The molecule has 0 amide bonds. The van der Waals surface area contributed by atoms with Gasteiger partial charge in [0.05, 0.1) is 6.20 Å². The molecule has 0 aliphatic heterocycles. The Bertz CT molecular complexity index is 521. The van der Waals surface area contributed by atoms with Gasteiger partial charge in [-0.05, 0) is 12.1 Å². The normalized spacial score (nSPS) is 12.6. The van der Waals surface area contributed by atoms with Crippen LogP contribution < -0.4 is 0 Å². The van der Waals surface area contributed by atoms with E-state index < -0.39 is 12.1 Å². The first-order valence-corrected chi connectivity index (χ1v) is 5.39. The standard InChI is InChI=1S/C9H6ClNO4S/c10-6-3-11-8(16-6)7(12)4-1-2-5(15-4)9(13)14/h1-3,7,12H,(H,13,14). The molecule has 2 aromatic heterocycles. The zero-order valence-electron chi connectivity index (χ0n) is 7.75. The van der Waals surface area contributed by atoms with Crippen molar-refractivity contribution in [2.45, 2.75) is 6.10 Å². The number of aromatic nitrogens is 1. The van der Waals surface area contributed by atoms with Gasteiger partial charge in [0.15, 0.2) is 6.10 Å².